The Morgan fingerprint density at radius 2 is 2.19 bits per heavy atom. The van der Waals surface area contributed by atoms with Crippen LogP contribution in [0.1, 0.15) is 52.4 Å². The molecular formula is C14H20O2. The fraction of sp³-hybridized carbons (Fsp3) is 0.786. The molecule has 16 heavy (non-hydrogen) atoms. The maximum absolute atomic E-state index is 11.5. The van der Waals surface area contributed by atoms with Crippen molar-refractivity contribution in [1.29, 1.82) is 0 Å². The highest BCUT2D eigenvalue weighted by molar-refractivity contribution is 5.73. The summed E-state index contributed by atoms with van der Waals surface area (Å²) >= 11 is 0. The summed E-state index contributed by atoms with van der Waals surface area (Å²) in [5.41, 5.74) is 3.31. The smallest absolute Gasteiger partial charge is 0.306 e. The standard InChI is InChI=1S/C14H20O2/c1-9-4-3-6-14(2)7-5-10-8-11(15)16-13(10)12(9)14/h10,13H,3-8H2,1-2H3. The number of hydrogen-bond acceptors (Lipinski definition) is 2. The summed E-state index contributed by atoms with van der Waals surface area (Å²) in [4.78, 5) is 11.5. The molecule has 1 heterocycles. The van der Waals surface area contributed by atoms with Gasteiger partial charge in [0.2, 0.25) is 0 Å². The predicted molar refractivity (Wildman–Crippen MR) is 61.9 cm³/mol. The quantitative estimate of drug-likeness (QED) is 0.463. The largest absolute Gasteiger partial charge is 0.457 e. The van der Waals surface area contributed by atoms with Crippen molar-refractivity contribution >= 4 is 5.97 Å². The first-order valence-corrected chi connectivity index (χ1v) is 6.50. The summed E-state index contributed by atoms with van der Waals surface area (Å²) in [7, 11) is 0. The van der Waals surface area contributed by atoms with Gasteiger partial charge in [0.25, 0.3) is 0 Å². The molecule has 0 aromatic rings. The zero-order valence-electron chi connectivity index (χ0n) is 10.2. The van der Waals surface area contributed by atoms with E-state index in [1.807, 2.05) is 0 Å². The van der Waals surface area contributed by atoms with E-state index >= 15 is 0 Å². The first-order chi connectivity index (χ1) is 7.60. The van der Waals surface area contributed by atoms with Gasteiger partial charge in [-0.2, -0.15) is 0 Å². The van der Waals surface area contributed by atoms with E-state index in [1.165, 1.54) is 43.3 Å². The molecule has 3 unspecified atom stereocenters. The van der Waals surface area contributed by atoms with Crippen molar-refractivity contribution in [3.63, 3.8) is 0 Å². The van der Waals surface area contributed by atoms with Crippen molar-refractivity contribution in [2.24, 2.45) is 11.3 Å². The Bertz CT molecular complexity index is 369. The van der Waals surface area contributed by atoms with Crippen molar-refractivity contribution in [1.82, 2.24) is 0 Å². The monoisotopic (exact) mass is 220 g/mol. The van der Waals surface area contributed by atoms with Crippen LogP contribution in [-0.2, 0) is 9.53 Å². The predicted octanol–water partition coefficient (Wildman–Crippen LogP) is 3.22. The molecule has 0 N–H and O–H groups in total. The van der Waals surface area contributed by atoms with E-state index in [-0.39, 0.29) is 12.1 Å². The van der Waals surface area contributed by atoms with Crippen molar-refractivity contribution < 1.29 is 9.53 Å². The zero-order valence-corrected chi connectivity index (χ0v) is 10.2. The van der Waals surface area contributed by atoms with Gasteiger partial charge in [-0.3, -0.25) is 4.79 Å². The van der Waals surface area contributed by atoms with E-state index < -0.39 is 0 Å². The second-order valence-corrected chi connectivity index (χ2v) is 6.02. The normalized spacial score (nSPS) is 42.8. The minimum Gasteiger partial charge on any atom is -0.457 e. The molecule has 88 valence electrons. The van der Waals surface area contributed by atoms with E-state index in [4.69, 9.17) is 4.74 Å². The molecule has 2 fully saturated rings. The van der Waals surface area contributed by atoms with Gasteiger partial charge in [-0.05, 0) is 50.0 Å². The van der Waals surface area contributed by atoms with Crippen LogP contribution in [0.2, 0.25) is 0 Å². The first-order valence-electron chi connectivity index (χ1n) is 6.50. The van der Waals surface area contributed by atoms with E-state index in [1.54, 1.807) is 0 Å². The van der Waals surface area contributed by atoms with E-state index in [2.05, 4.69) is 13.8 Å². The Kier molecular flexibility index (Phi) is 2.17. The van der Waals surface area contributed by atoms with Gasteiger partial charge in [0.15, 0.2) is 0 Å². The van der Waals surface area contributed by atoms with Gasteiger partial charge >= 0.3 is 5.97 Å². The summed E-state index contributed by atoms with van der Waals surface area (Å²) in [6.45, 7) is 4.61. The third kappa shape index (κ3) is 1.35. The molecule has 1 saturated carbocycles. The second kappa shape index (κ2) is 3.35. The van der Waals surface area contributed by atoms with Gasteiger partial charge in [-0.25, -0.2) is 0 Å². The Hall–Kier alpha value is -0.790. The van der Waals surface area contributed by atoms with Gasteiger partial charge in [-0.15, -0.1) is 0 Å². The Labute approximate surface area is 97.1 Å². The molecule has 1 saturated heterocycles. The molecule has 3 aliphatic rings. The SMILES string of the molecule is CC1=C2C3OC(=O)CC3CCC2(C)CCC1. The third-order valence-corrected chi connectivity index (χ3v) is 4.86. The minimum absolute atomic E-state index is 0.0186. The molecule has 2 heteroatoms. The summed E-state index contributed by atoms with van der Waals surface area (Å²) in [6, 6.07) is 0. The Morgan fingerprint density at radius 3 is 3.00 bits per heavy atom. The lowest BCUT2D eigenvalue weighted by atomic mass is 9.60. The number of carbonyl (C=O) groups excluding carboxylic acids is 1. The number of allylic oxidation sites excluding steroid dienone is 1. The van der Waals surface area contributed by atoms with Crippen LogP contribution in [0.25, 0.3) is 0 Å². The second-order valence-electron chi connectivity index (χ2n) is 6.02. The molecule has 0 bridgehead atoms. The summed E-state index contributed by atoms with van der Waals surface area (Å²) in [5.74, 6) is 0.494. The van der Waals surface area contributed by atoms with Crippen LogP contribution in [0.5, 0.6) is 0 Å². The zero-order chi connectivity index (χ0) is 11.3. The average Bonchev–Trinajstić information content (AvgIpc) is 2.57. The summed E-state index contributed by atoms with van der Waals surface area (Å²) < 4.78 is 5.57. The maximum Gasteiger partial charge on any atom is 0.306 e. The number of esters is 1. The van der Waals surface area contributed by atoms with Crippen LogP contribution in [0.3, 0.4) is 0 Å². The number of fused-ring (bicyclic) bond motifs is 3. The van der Waals surface area contributed by atoms with Crippen LogP contribution in [0, 0.1) is 11.3 Å². The topological polar surface area (TPSA) is 26.3 Å². The lowest BCUT2D eigenvalue weighted by Gasteiger charge is -2.45. The van der Waals surface area contributed by atoms with E-state index in [0.717, 1.165) is 0 Å². The van der Waals surface area contributed by atoms with Crippen LogP contribution in [0.15, 0.2) is 11.1 Å². The van der Waals surface area contributed by atoms with Gasteiger partial charge in [0, 0.05) is 5.92 Å². The molecule has 2 aliphatic carbocycles. The molecule has 0 radical (unpaired) electrons. The highest BCUT2D eigenvalue weighted by atomic mass is 16.6. The van der Waals surface area contributed by atoms with E-state index in [0.29, 0.717) is 17.8 Å². The molecule has 3 atom stereocenters. The first kappa shape index (κ1) is 10.4. The highest BCUT2D eigenvalue weighted by Crippen LogP contribution is 2.54. The number of hydrogen-bond donors (Lipinski definition) is 0. The van der Waals surface area contributed by atoms with Gasteiger partial charge in [0.05, 0.1) is 6.42 Å². The molecule has 0 aromatic heterocycles. The van der Waals surface area contributed by atoms with E-state index in [9.17, 15) is 4.79 Å². The highest BCUT2D eigenvalue weighted by Gasteiger charge is 2.49. The maximum atomic E-state index is 11.5. The van der Waals surface area contributed by atoms with Crippen molar-refractivity contribution in [2.45, 2.75) is 58.5 Å². The molecule has 0 amide bonds. The van der Waals surface area contributed by atoms with Crippen molar-refractivity contribution in [2.75, 3.05) is 0 Å². The van der Waals surface area contributed by atoms with Crippen LogP contribution >= 0.6 is 0 Å². The van der Waals surface area contributed by atoms with Crippen molar-refractivity contribution in [3.05, 3.63) is 11.1 Å². The van der Waals surface area contributed by atoms with Gasteiger partial charge in [0.1, 0.15) is 6.10 Å². The molecule has 3 rings (SSSR count). The molecule has 0 aromatic carbocycles. The average molecular weight is 220 g/mol. The third-order valence-electron chi connectivity index (χ3n) is 4.86. The fourth-order valence-electron chi connectivity index (χ4n) is 4.03. The summed E-state index contributed by atoms with van der Waals surface area (Å²) in [6.07, 6.45) is 6.98. The number of carbonyl (C=O) groups is 1. The Balaban J connectivity index is 2.02. The molecule has 1 aliphatic heterocycles. The summed E-state index contributed by atoms with van der Waals surface area (Å²) in [5, 5.41) is 0. The van der Waals surface area contributed by atoms with Crippen molar-refractivity contribution in [3.8, 4) is 0 Å². The number of rotatable bonds is 0. The Morgan fingerprint density at radius 1 is 1.38 bits per heavy atom. The van der Waals surface area contributed by atoms with Crippen LogP contribution < -0.4 is 0 Å². The van der Waals surface area contributed by atoms with Gasteiger partial charge < -0.3 is 4.74 Å². The lowest BCUT2D eigenvalue weighted by Crippen LogP contribution is -2.39. The number of ether oxygens (including phenoxy) is 1. The molecular weight excluding hydrogens is 200 g/mol. The molecule has 0 spiro atoms. The van der Waals surface area contributed by atoms with Crippen LogP contribution in [-0.4, -0.2) is 12.1 Å². The van der Waals surface area contributed by atoms with Gasteiger partial charge in [-0.1, -0.05) is 12.5 Å². The van der Waals surface area contributed by atoms with Crippen LogP contribution in [0.4, 0.5) is 0 Å². The minimum atomic E-state index is 0.0186. The fourth-order valence-corrected chi connectivity index (χ4v) is 4.03. The molecule has 2 nitrogen and oxygen atoms in total. The lowest BCUT2D eigenvalue weighted by molar-refractivity contribution is -0.141.